The molecule has 1 aliphatic rings. The fourth-order valence-electron chi connectivity index (χ4n) is 2.53. The van der Waals surface area contributed by atoms with Crippen molar-refractivity contribution in [3.05, 3.63) is 28.2 Å². The summed E-state index contributed by atoms with van der Waals surface area (Å²) in [5.41, 5.74) is 3.76. The van der Waals surface area contributed by atoms with Crippen LogP contribution in [0.5, 0.6) is 5.75 Å². The third kappa shape index (κ3) is 6.04. The zero-order valence-corrected chi connectivity index (χ0v) is 14.8. The lowest BCUT2D eigenvalue weighted by Gasteiger charge is -2.19. The number of hydrogen-bond donors (Lipinski definition) is 1. The highest BCUT2D eigenvalue weighted by molar-refractivity contribution is 6.35. The van der Waals surface area contributed by atoms with Gasteiger partial charge >= 0.3 is 0 Å². The highest BCUT2D eigenvalue weighted by Gasteiger charge is 2.16. The number of carbonyl (C=O) groups excluding carboxylic acids is 1. The quantitative estimate of drug-likeness (QED) is 0.585. The van der Waals surface area contributed by atoms with E-state index in [0.717, 1.165) is 25.0 Å². The Balaban J connectivity index is 1.67. The second-order valence-electron chi connectivity index (χ2n) is 5.81. The number of hydrazone groups is 1. The Morgan fingerprint density at radius 3 is 2.96 bits per heavy atom. The van der Waals surface area contributed by atoms with E-state index in [2.05, 4.69) is 17.5 Å². The number of hydrogen-bond acceptors (Lipinski definition) is 3. The molecule has 0 aromatic heterocycles. The van der Waals surface area contributed by atoms with Crippen LogP contribution in [0.2, 0.25) is 10.0 Å². The Morgan fingerprint density at radius 1 is 1.39 bits per heavy atom. The Morgan fingerprint density at radius 2 is 2.22 bits per heavy atom. The van der Waals surface area contributed by atoms with E-state index in [4.69, 9.17) is 27.9 Å². The summed E-state index contributed by atoms with van der Waals surface area (Å²) in [4.78, 5) is 11.8. The van der Waals surface area contributed by atoms with Gasteiger partial charge in [-0.1, -0.05) is 36.5 Å². The molecule has 1 saturated carbocycles. The smallest absolute Gasteiger partial charge is 0.240 e. The van der Waals surface area contributed by atoms with E-state index in [1.165, 1.54) is 6.42 Å². The minimum atomic E-state index is -0.0823. The largest absolute Gasteiger partial charge is 0.492 e. The zero-order chi connectivity index (χ0) is 16.7. The lowest BCUT2D eigenvalue weighted by molar-refractivity contribution is -0.121. The molecule has 126 valence electrons. The number of carbonyl (C=O) groups is 1. The summed E-state index contributed by atoms with van der Waals surface area (Å²) in [5, 5.41) is 5.30. The fraction of sp³-hybridized carbons (Fsp3) is 0.529. The minimum Gasteiger partial charge on any atom is -0.492 e. The molecule has 0 radical (unpaired) electrons. The molecular formula is C17H22Cl2N2O2. The van der Waals surface area contributed by atoms with E-state index in [-0.39, 0.29) is 5.91 Å². The van der Waals surface area contributed by atoms with Gasteiger partial charge in [0.2, 0.25) is 5.91 Å². The van der Waals surface area contributed by atoms with Gasteiger partial charge in [-0.3, -0.25) is 4.79 Å². The van der Waals surface area contributed by atoms with E-state index in [1.807, 2.05) is 0 Å². The Kier molecular flexibility index (Phi) is 7.18. The number of benzene rings is 1. The average molecular weight is 357 g/mol. The molecule has 6 heteroatoms. The molecule has 0 heterocycles. The third-order valence-corrected chi connectivity index (χ3v) is 4.44. The molecule has 1 aromatic rings. The van der Waals surface area contributed by atoms with E-state index in [9.17, 15) is 4.79 Å². The van der Waals surface area contributed by atoms with Crippen LogP contribution in [-0.2, 0) is 4.79 Å². The highest BCUT2D eigenvalue weighted by atomic mass is 35.5. The van der Waals surface area contributed by atoms with E-state index in [0.29, 0.717) is 41.2 Å². The summed E-state index contributed by atoms with van der Waals surface area (Å²) in [5.74, 6) is 0.966. The van der Waals surface area contributed by atoms with E-state index in [1.54, 1.807) is 18.2 Å². The van der Waals surface area contributed by atoms with Gasteiger partial charge in [0.15, 0.2) is 0 Å². The summed E-state index contributed by atoms with van der Waals surface area (Å²) in [7, 11) is 0. The van der Waals surface area contributed by atoms with Gasteiger partial charge in [-0.15, -0.1) is 0 Å². The first kappa shape index (κ1) is 18.1. The van der Waals surface area contributed by atoms with Crippen molar-refractivity contribution in [2.24, 2.45) is 11.0 Å². The van der Waals surface area contributed by atoms with Crippen LogP contribution in [0.4, 0.5) is 0 Å². The normalized spacial score (nSPS) is 19.6. The molecule has 1 amide bonds. The minimum absolute atomic E-state index is 0.0823. The van der Waals surface area contributed by atoms with Crippen LogP contribution >= 0.6 is 23.2 Å². The van der Waals surface area contributed by atoms with Crippen LogP contribution in [0.15, 0.2) is 23.3 Å². The second kappa shape index (κ2) is 9.14. The molecule has 1 N–H and O–H groups in total. The molecule has 23 heavy (non-hydrogen) atoms. The van der Waals surface area contributed by atoms with Crippen LogP contribution < -0.4 is 10.2 Å². The maximum atomic E-state index is 11.8. The number of rotatable bonds is 6. The molecule has 0 bridgehead atoms. The Bertz CT molecular complexity index is 576. The van der Waals surface area contributed by atoms with Crippen molar-refractivity contribution in [3.8, 4) is 5.75 Å². The molecule has 1 aliphatic carbocycles. The Hall–Kier alpha value is -1.26. The van der Waals surface area contributed by atoms with Crippen LogP contribution in [0.3, 0.4) is 0 Å². The topological polar surface area (TPSA) is 50.7 Å². The molecule has 2 rings (SSSR count). The number of nitrogens with zero attached hydrogens (tertiary/aromatic N) is 1. The van der Waals surface area contributed by atoms with Gasteiger partial charge in [0, 0.05) is 17.2 Å². The van der Waals surface area contributed by atoms with Crippen molar-refractivity contribution in [3.63, 3.8) is 0 Å². The summed E-state index contributed by atoms with van der Waals surface area (Å²) in [6, 6.07) is 5.07. The van der Waals surface area contributed by atoms with Gasteiger partial charge in [-0.25, -0.2) is 5.43 Å². The van der Waals surface area contributed by atoms with Gasteiger partial charge in [0.1, 0.15) is 5.75 Å². The second-order valence-corrected chi connectivity index (χ2v) is 6.66. The van der Waals surface area contributed by atoms with Gasteiger partial charge in [-0.05, 0) is 49.8 Å². The van der Waals surface area contributed by atoms with Gasteiger partial charge in [-0.2, -0.15) is 5.10 Å². The first-order chi connectivity index (χ1) is 11.1. The lowest BCUT2D eigenvalue weighted by atomic mass is 9.89. The summed E-state index contributed by atoms with van der Waals surface area (Å²) < 4.78 is 5.55. The van der Waals surface area contributed by atoms with Crippen molar-refractivity contribution in [1.29, 1.82) is 0 Å². The molecular weight excluding hydrogens is 335 g/mol. The maximum Gasteiger partial charge on any atom is 0.240 e. The molecule has 1 aromatic carbocycles. The SMILES string of the molecule is C[C@@H]1CCCCC1=NNC(=O)CCCOc1ccc(Cl)cc1Cl. The molecule has 1 atom stereocenters. The summed E-state index contributed by atoms with van der Waals surface area (Å²) >= 11 is 11.8. The number of halogens is 2. The number of ether oxygens (including phenoxy) is 1. The van der Waals surface area contributed by atoms with E-state index >= 15 is 0 Å². The standard InChI is InChI=1S/C17H22Cl2N2O2/c1-12-5-2-3-6-15(12)20-21-17(22)7-4-10-23-16-9-8-13(18)11-14(16)19/h8-9,11-12H,2-7,10H2,1H3,(H,21,22)/t12-/m1/s1. The molecule has 0 spiro atoms. The van der Waals surface area contributed by atoms with Crippen molar-refractivity contribution < 1.29 is 9.53 Å². The molecule has 0 saturated heterocycles. The number of amides is 1. The average Bonchev–Trinajstić information content (AvgIpc) is 2.52. The van der Waals surface area contributed by atoms with Crippen molar-refractivity contribution in [1.82, 2.24) is 5.43 Å². The molecule has 4 nitrogen and oxygen atoms in total. The van der Waals surface area contributed by atoms with Gasteiger partial charge in [0.05, 0.1) is 11.6 Å². The van der Waals surface area contributed by atoms with Crippen LogP contribution in [0, 0.1) is 5.92 Å². The number of nitrogens with one attached hydrogen (secondary N) is 1. The highest BCUT2D eigenvalue weighted by Crippen LogP contribution is 2.27. The first-order valence-electron chi connectivity index (χ1n) is 7.99. The predicted molar refractivity (Wildman–Crippen MR) is 94.4 cm³/mol. The third-order valence-electron chi connectivity index (χ3n) is 3.91. The maximum absolute atomic E-state index is 11.8. The van der Waals surface area contributed by atoms with Crippen LogP contribution in [0.25, 0.3) is 0 Å². The lowest BCUT2D eigenvalue weighted by Crippen LogP contribution is -2.24. The monoisotopic (exact) mass is 356 g/mol. The zero-order valence-electron chi connectivity index (χ0n) is 13.3. The van der Waals surface area contributed by atoms with Gasteiger partial charge < -0.3 is 4.74 Å². The summed E-state index contributed by atoms with van der Waals surface area (Å²) in [6.45, 7) is 2.58. The van der Waals surface area contributed by atoms with E-state index < -0.39 is 0 Å². The molecule has 0 unspecified atom stereocenters. The first-order valence-corrected chi connectivity index (χ1v) is 8.75. The van der Waals surface area contributed by atoms with Crippen LogP contribution in [-0.4, -0.2) is 18.2 Å². The molecule has 0 aliphatic heterocycles. The van der Waals surface area contributed by atoms with Crippen molar-refractivity contribution in [2.75, 3.05) is 6.61 Å². The predicted octanol–water partition coefficient (Wildman–Crippen LogP) is 4.83. The van der Waals surface area contributed by atoms with Gasteiger partial charge in [0.25, 0.3) is 0 Å². The Labute approximate surface area is 147 Å². The van der Waals surface area contributed by atoms with Crippen molar-refractivity contribution >= 4 is 34.8 Å². The molecule has 1 fully saturated rings. The van der Waals surface area contributed by atoms with Crippen molar-refractivity contribution in [2.45, 2.75) is 45.4 Å². The fourth-order valence-corrected chi connectivity index (χ4v) is 3.00. The summed E-state index contributed by atoms with van der Waals surface area (Å²) in [6.07, 6.45) is 5.53. The van der Waals surface area contributed by atoms with Crippen LogP contribution in [0.1, 0.15) is 45.4 Å².